The fraction of sp³-hybridized carbons (Fsp3) is 0.727. The van der Waals surface area contributed by atoms with Gasteiger partial charge in [-0.25, -0.2) is 0 Å². The third-order valence-corrected chi connectivity index (χ3v) is 3.27. The van der Waals surface area contributed by atoms with E-state index in [1.807, 2.05) is 13.8 Å². The van der Waals surface area contributed by atoms with Gasteiger partial charge in [-0.2, -0.15) is 0 Å². The molecule has 1 N–H and O–H groups in total. The van der Waals surface area contributed by atoms with E-state index >= 15 is 0 Å². The number of hydrogen-bond acceptors (Lipinski definition) is 4. The van der Waals surface area contributed by atoms with E-state index in [0.29, 0.717) is 13.0 Å². The molecule has 0 aromatic heterocycles. The SMILES string of the molecule is CCO/C=C(\CC)C(O)CC1=NCCS1. The van der Waals surface area contributed by atoms with E-state index in [4.69, 9.17) is 4.74 Å². The maximum absolute atomic E-state index is 9.95. The average Bonchev–Trinajstić information content (AvgIpc) is 2.71. The van der Waals surface area contributed by atoms with E-state index in [-0.39, 0.29) is 0 Å². The van der Waals surface area contributed by atoms with E-state index in [1.165, 1.54) is 0 Å². The quantitative estimate of drug-likeness (QED) is 0.710. The lowest BCUT2D eigenvalue weighted by molar-refractivity contribution is 0.200. The van der Waals surface area contributed by atoms with Crippen LogP contribution in [0.2, 0.25) is 0 Å². The number of aliphatic imine (C=N–C) groups is 1. The molecule has 3 nitrogen and oxygen atoms in total. The number of aliphatic hydroxyl groups excluding tert-OH is 1. The molecule has 4 heteroatoms. The van der Waals surface area contributed by atoms with E-state index in [9.17, 15) is 5.11 Å². The molecule has 1 aliphatic rings. The summed E-state index contributed by atoms with van der Waals surface area (Å²) < 4.78 is 5.20. The van der Waals surface area contributed by atoms with Crippen LogP contribution >= 0.6 is 11.8 Å². The summed E-state index contributed by atoms with van der Waals surface area (Å²) in [4.78, 5) is 4.32. The highest BCUT2D eigenvalue weighted by Crippen LogP contribution is 2.20. The van der Waals surface area contributed by atoms with E-state index < -0.39 is 6.10 Å². The van der Waals surface area contributed by atoms with Gasteiger partial charge in [0.1, 0.15) is 0 Å². The van der Waals surface area contributed by atoms with Crippen molar-refractivity contribution in [1.29, 1.82) is 0 Å². The minimum absolute atomic E-state index is 0.439. The summed E-state index contributed by atoms with van der Waals surface area (Å²) in [6.07, 6.45) is 2.70. The van der Waals surface area contributed by atoms with Gasteiger partial charge < -0.3 is 9.84 Å². The van der Waals surface area contributed by atoms with Crippen LogP contribution < -0.4 is 0 Å². The van der Waals surface area contributed by atoms with Crippen LogP contribution in [0.3, 0.4) is 0 Å². The summed E-state index contributed by atoms with van der Waals surface area (Å²) in [7, 11) is 0. The Hall–Kier alpha value is -0.480. The second-order valence-electron chi connectivity index (χ2n) is 3.35. The van der Waals surface area contributed by atoms with Crippen LogP contribution in [0.1, 0.15) is 26.7 Å². The zero-order valence-electron chi connectivity index (χ0n) is 9.40. The summed E-state index contributed by atoms with van der Waals surface area (Å²) in [5.74, 6) is 1.05. The van der Waals surface area contributed by atoms with Crippen LogP contribution in [0.5, 0.6) is 0 Å². The molecule has 0 aromatic carbocycles. The third kappa shape index (κ3) is 4.26. The lowest BCUT2D eigenvalue weighted by Crippen LogP contribution is -2.14. The minimum Gasteiger partial charge on any atom is -0.501 e. The van der Waals surface area contributed by atoms with E-state index in [0.717, 1.165) is 29.3 Å². The Bertz CT molecular complexity index is 251. The molecule has 0 fully saturated rings. The molecule has 0 saturated heterocycles. The maximum Gasteiger partial charge on any atom is 0.0846 e. The number of hydrogen-bond donors (Lipinski definition) is 1. The van der Waals surface area contributed by atoms with Gasteiger partial charge in [0.05, 0.1) is 24.0 Å². The molecule has 0 aromatic rings. The zero-order chi connectivity index (χ0) is 11.1. The van der Waals surface area contributed by atoms with Crippen molar-refractivity contribution in [1.82, 2.24) is 0 Å². The predicted octanol–water partition coefficient (Wildman–Crippen LogP) is 2.21. The average molecular weight is 229 g/mol. The van der Waals surface area contributed by atoms with Crippen LogP contribution in [-0.4, -0.2) is 35.2 Å². The Balaban J connectivity index is 2.45. The first-order valence-corrected chi connectivity index (χ1v) is 6.41. The number of thioether (sulfide) groups is 1. The highest BCUT2D eigenvalue weighted by atomic mass is 32.2. The second-order valence-corrected chi connectivity index (χ2v) is 4.51. The first-order chi connectivity index (χ1) is 7.27. The fourth-order valence-corrected chi connectivity index (χ4v) is 2.26. The number of rotatable bonds is 6. The topological polar surface area (TPSA) is 41.8 Å². The van der Waals surface area contributed by atoms with E-state index in [1.54, 1.807) is 18.0 Å². The molecule has 1 atom stereocenters. The summed E-state index contributed by atoms with van der Waals surface area (Å²) >= 11 is 1.74. The molecule has 86 valence electrons. The van der Waals surface area contributed by atoms with Gasteiger partial charge in [0.25, 0.3) is 0 Å². The minimum atomic E-state index is -0.439. The Kier molecular flexibility index (Phi) is 5.79. The maximum atomic E-state index is 9.95. The zero-order valence-corrected chi connectivity index (χ0v) is 10.2. The van der Waals surface area contributed by atoms with Crippen molar-refractivity contribution in [2.45, 2.75) is 32.8 Å². The van der Waals surface area contributed by atoms with Crippen molar-refractivity contribution < 1.29 is 9.84 Å². The highest BCUT2D eigenvalue weighted by Gasteiger charge is 2.15. The number of nitrogens with zero attached hydrogens (tertiary/aromatic N) is 1. The largest absolute Gasteiger partial charge is 0.501 e. The molecule has 0 radical (unpaired) electrons. The van der Waals surface area contributed by atoms with Crippen LogP contribution in [0.15, 0.2) is 16.8 Å². The Labute approximate surface area is 95.6 Å². The van der Waals surface area contributed by atoms with Crippen LogP contribution in [-0.2, 0) is 4.74 Å². The monoisotopic (exact) mass is 229 g/mol. The first kappa shape index (κ1) is 12.6. The standard InChI is InChI=1S/C11H19NO2S/c1-3-9(8-14-4-2)10(13)7-11-12-5-6-15-11/h8,10,13H,3-7H2,1-2H3/b9-8+. The van der Waals surface area contributed by atoms with Gasteiger partial charge in [-0.3, -0.25) is 4.99 Å². The Morgan fingerprint density at radius 1 is 1.67 bits per heavy atom. The summed E-state index contributed by atoms with van der Waals surface area (Å²) in [5.41, 5.74) is 0.951. The Morgan fingerprint density at radius 2 is 2.47 bits per heavy atom. The molecule has 0 bridgehead atoms. The van der Waals surface area contributed by atoms with Crippen molar-refractivity contribution in [3.8, 4) is 0 Å². The van der Waals surface area contributed by atoms with Gasteiger partial charge in [0.2, 0.25) is 0 Å². The molecule has 1 rings (SSSR count). The predicted molar refractivity (Wildman–Crippen MR) is 65.4 cm³/mol. The normalized spacial score (nSPS) is 18.9. The van der Waals surface area contributed by atoms with Crippen molar-refractivity contribution in [2.24, 2.45) is 4.99 Å². The second kappa shape index (κ2) is 6.90. The molecule has 0 aliphatic carbocycles. The molecular weight excluding hydrogens is 210 g/mol. The van der Waals surface area contributed by atoms with Gasteiger partial charge in [-0.1, -0.05) is 6.92 Å². The molecule has 0 saturated carbocycles. The van der Waals surface area contributed by atoms with Gasteiger partial charge in [0.15, 0.2) is 0 Å². The van der Waals surface area contributed by atoms with Gasteiger partial charge in [-0.05, 0) is 18.9 Å². The lowest BCUT2D eigenvalue weighted by Gasteiger charge is -2.13. The van der Waals surface area contributed by atoms with Crippen molar-refractivity contribution in [3.05, 3.63) is 11.8 Å². The van der Waals surface area contributed by atoms with Crippen molar-refractivity contribution >= 4 is 16.8 Å². The number of aliphatic hydroxyl groups is 1. The molecule has 0 amide bonds. The van der Waals surface area contributed by atoms with Crippen LogP contribution in [0.4, 0.5) is 0 Å². The lowest BCUT2D eigenvalue weighted by atomic mass is 10.1. The summed E-state index contributed by atoms with van der Waals surface area (Å²) in [5, 5.41) is 11.0. The van der Waals surface area contributed by atoms with Crippen LogP contribution in [0, 0.1) is 0 Å². The number of ether oxygens (including phenoxy) is 1. The summed E-state index contributed by atoms with van der Waals surface area (Å²) in [6, 6.07) is 0. The molecule has 15 heavy (non-hydrogen) atoms. The van der Waals surface area contributed by atoms with E-state index in [2.05, 4.69) is 4.99 Å². The molecule has 1 heterocycles. The van der Waals surface area contributed by atoms with Gasteiger partial charge in [0, 0.05) is 18.7 Å². The summed E-state index contributed by atoms with van der Waals surface area (Å²) in [6.45, 7) is 5.50. The smallest absolute Gasteiger partial charge is 0.0846 e. The third-order valence-electron chi connectivity index (χ3n) is 2.25. The fourth-order valence-electron chi connectivity index (χ4n) is 1.39. The van der Waals surface area contributed by atoms with Gasteiger partial charge >= 0.3 is 0 Å². The van der Waals surface area contributed by atoms with Gasteiger partial charge in [-0.15, -0.1) is 11.8 Å². The van der Waals surface area contributed by atoms with Crippen molar-refractivity contribution in [2.75, 3.05) is 18.9 Å². The van der Waals surface area contributed by atoms with Crippen LogP contribution in [0.25, 0.3) is 0 Å². The first-order valence-electron chi connectivity index (χ1n) is 5.42. The molecule has 0 spiro atoms. The highest BCUT2D eigenvalue weighted by molar-refractivity contribution is 8.14. The van der Waals surface area contributed by atoms with Crippen molar-refractivity contribution in [3.63, 3.8) is 0 Å². The molecule has 1 aliphatic heterocycles. The molecule has 1 unspecified atom stereocenters. The Morgan fingerprint density at radius 3 is 3.00 bits per heavy atom. The molecular formula is C11H19NO2S.